The Kier molecular flexibility index (Phi) is 4.32. The van der Waals surface area contributed by atoms with Crippen molar-refractivity contribution < 1.29 is 5.11 Å². The Balaban J connectivity index is 2.29. The molecule has 0 aromatic heterocycles. The lowest BCUT2D eigenvalue weighted by molar-refractivity contribution is -0.0320. The average molecular weight is 261 g/mol. The zero-order valence-electron chi connectivity index (χ0n) is 12.6. The van der Waals surface area contributed by atoms with Crippen molar-refractivity contribution in [3.63, 3.8) is 0 Å². The zero-order chi connectivity index (χ0) is 14.0. The molecule has 1 aromatic carbocycles. The Hall–Kier alpha value is -0.860. The standard InChI is InChI=1S/C17H27NO/c1-12(2)9-17(19,10-13(3)4)16-15-8-6-5-7-14(15)11-18-16/h5-8,12-13,16,18-19H,9-11H2,1-4H3. The van der Waals surface area contributed by atoms with E-state index in [2.05, 4.69) is 57.3 Å². The monoisotopic (exact) mass is 261 g/mol. The summed E-state index contributed by atoms with van der Waals surface area (Å²) >= 11 is 0. The molecule has 2 rings (SSSR count). The van der Waals surface area contributed by atoms with Crippen molar-refractivity contribution >= 4 is 0 Å². The smallest absolute Gasteiger partial charge is 0.0846 e. The molecule has 1 aliphatic heterocycles. The fourth-order valence-electron chi connectivity index (χ4n) is 3.51. The van der Waals surface area contributed by atoms with Crippen LogP contribution in [-0.2, 0) is 6.54 Å². The molecule has 0 radical (unpaired) electrons. The third-order valence-electron chi connectivity index (χ3n) is 3.92. The molecule has 106 valence electrons. The fraction of sp³-hybridized carbons (Fsp3) is 0.647. The summed E-state index contributed by atoms with van der Waals surface area (Å²) in [6, 6.07) is 8.55. The van der Waals surface area contributed by atoms with Gasteiger partial charge < -0.3 is 10.4 Å². The van der Waals surface area contributed by atoms with Crippen LogP contribution >= 0.6 is 0 Å². The zero-order valence-corrected chi connectivity index (χ0v) is 12.6. The van der Waals surface area contributed by atoms with Crippen LogP contribution < -0.4 is 5.32 Å². The van der Waals surface area contributed by atoms with Gasteiger partial charge in [0, 0.05) is 6.54 Å². The van der Waals surface area contributed by atoms with Gasteiger partial charge in [0.2, 0.25) is 0 Å². The highest BCUT2D eigenvalue weighted by Crippen LogP contribution is 2.40. The number of aliphatic hydroxyl groups is 1. The van der Waals surface area contributed by atoms with Gasteiger partial charge in [0.25, 0.3) is 0 Å². The topological polar surface area (TPSA) is 32.3 Å². The second-order valence-electron chi connectivity index (χ2n) is 6.81. The molecule has 0 fully saturated rings. The van der Waals surface area contributed by atoms with Crippen LogP contribution in [0.2, 0.25) is 0 Å². The molecule has 0 amide bonds. The van der Waals surface area contributed by atoms with E-state index in [1.807, 2.05) is 0 Å². The van der Waals surface area contributed by atoms with Crippen molar-refractivity contribution in [1.82, 2.24) is 5.32 Å². The van der Waals surface area contributed by atoms with E-state index in [4.69, 9.17) is 0 Å². The molecule has 0 aliphatic carbocycles. The van der Waals surface area contributed by atoms with Crippen molar-refractivity contribution in [2.75, 3.05) is 0 Å². The molecule has 2 heteroatoms. The first-order valence-corrected chi connectivity index (χ1v) is 7.46. The first kappa shape index (κ1) is 14.5. The number of nitrogens with one attached hydrogen (secondary N) is 1. The normalized spacial score (nSPS) is 19.2. The van der Waals surface area contributed by atoms with Gasteiger partial charge in [0.1, 0.15) is 0 Å². The minimum Gasteiger partial charge on any atom is -0.388 e. The van der Waals surface area contributed by atoms with Gasteiger partial charge in [0.15, 0.2) is 0 Å². The summed E-state index contributed by atoms with van der Waals surface area (Å²) in [6.07, 6.45) is 1.69. The average Bonchev–Trinajstić information content (AvgIpc) is 2.70. The van der Waals surface area contributed by atoms with Crippen LogP contribution in [0.1, 0.15) is 57.7 Å². The minimum atomic E-state index is -0.644. The van der Waals surface area contributed by atoms with E-state index in [1.165, 1.54) is 11.1 Å². The maximum Gasteiger partial charge on any atom is 0.0846 e. The van der Waals surface area contributed by atoms with Crippen molar-refractivity contribution in [2.45, 2.75) is 58.7 Å². The summed E-state index contributed by atoms with van der Waals surface area (Å²) < 4.78 is 0. The molecule has 2 N–H and O–H groups in total. The van der Waals surface area contributed by atoms with E-state index in [1.54, 1.807) is 0 Å². The van der Waals surface area contributed by atoms with Gasteiger partial charge in [-0.3, -0.25) is 0 Å². The Morgan fingerprint density at radius 1 is 1.16 bits per heavy atom. The maximum atomic E-state index is 11.2. The van der Waals surface area contributed by atoms with Crippen LogP contribution in [-0.4, -0.2) is 10.7 Å². The summed E-state index contributed by atoms with van der Waals surface area (Å²) in [5, 5.41) is 14.8. The molecule has 19 heavy (non-hydrogen) atoms. The Morgan fingerprint density at radius 3 is 2.32 bits per heavy atom. The van der Waals surface area contributed by atoms with Gasteiger partial charge in [-0.2, -0.15) is 0 Å². The first-order chi connectivity index (χ1) is 8.92. The Morgan fingerprint density at radius 2 is 1.74 bits per heavy atom. The largest absolute Gasteiger partial charge is 0.388 e. The molecule has 0 bridgehead atoms. The van der Waals surface area contributed by atoms with E-state index in [0.29, 0.717) is 11.8 Å². The summed E-state index contributed by atoms with van der Waals surface area (Å²) in [4.78, 5) is 0. The van der Waals surface area contributed by atoms with Gasteiger partial charge in [-0.1, -0.05) is 52.0 Å². The number of benzene rings is 1. The van der Waals surface area contributed by atoms with Crippen molar-refractivity contribution in [3.05, 3.63) is 35.4 Å². The van der Waals surface area contributed by atoms with Crippen LogP contribution in [0.15, 0.2) is 24.3 Å². The summed E-state index contributed by atoms with van der Waals surface area (Å²) in [6.45, 7) is 9.62. The van der Waals surface area contributed by atoms with E-state index < -0.39 is 5.60 Å². The lowest BCUT2D eigenvalue weighted by atomic mass is 9.77. The third kappa shape index (κ3) is 3.18. The van der Waals surface area contributed by atoms with Crippen molar-refractivity contribution in [3.8, 4) is 0 Å². The lowest BCUT2D eigenvalue weighted by Gasteiger charge is -2.37. The molecular formula is C17H27NO. The second-order valence-corrected chi connectivity index (χ2v) is 6.81. The number of fused-ring (bicyclic) bond motifs is 1. The van der Waals surface area contributed by atoms with Gasteiger partial charge in [0.05, 0.1) is 11.6 Å². The predicted molar refractivity (Wildman–Crippen MR) is 79.9 cm³/mol. The van der Waals surface area contributed by atoms with Crippen LogP contribution in [0.4, 0.5) is 0 Å². The molecule has 1 aliphatic rings. The quantitative estimate of drug-likeness (QED) is 0.848. The lowest BCUT2D eigenvalue weighted by Crippen LogP contribution is -2.43. The molecule has 1 unspecified atom stereocenters. The predicted octanol–water partition coefficient (Wildman–Crippen LogP) is 3.65. The van der Waals surface area contributed by atoms with Crippen molar-refractivity contribution in [2.24, 2.45) is 11.8 Å². The van der Waals surface area contributed by atoms with Crippen LogP contribution in [0, 0.1) is 11.8 Å². The van der Waals surface area contributed by atoms with E-state index >= 15 is 0 Å². The Labute approximate surface area is 117 Å². The molecule has 0 saturated carbocycles. The maximum absolute atomic E-state index is 11.2. The SMILES string of the molecule is CC(C)CC(O)(CC(C)C)C1NCc2ccccc21. The first-order valence-electron chi connectivity index (χ1n) is 7.46. The number of hydrogen-bond acceptors (Lipinski definition) is 2. The number of hydrogen-bond donors (Lipinski definition) is 2. The van der Waals surface area contributed by atoms with Crippen LogP contribution in [0.25, 0.3) is 0 Å². The van der Waals surface area contributed by atoms with Gasteiger partial charge >= 0.3 is 0 Å². The van der Waals surface area contributed by atoms with E-state index in [-0.39, 0.29) is 6.04 Å². The van der Waals surface area contributed by atoms with Gasteiger partial charge in [-0.05, 0) is 35.8 Å². The van der Waals surface area contributed by atoms with Crippen molar-refractivity contribution in [1.29, 1.82) is 0 Å². The summed E-state index contributed by atoms with van der Waals surface area (Å²) in [5.74, 6) is 0.997. The molecular weight excluding hydrogens is 234 g/mol. The summed E-state index contributed by atoms with van der Waals surface area (Å²) in [7, 11) is 0. The van der Waals surface area contributed by atoms with Crippen LogP contribution in [0.3, 0.4) is 0 Å². The van der Waals surface area contributed by atoms with Crippen LogP contribution in [0.5, 0.6) is 0 Å². The van der Waals surface area contributed by atoms with E-state index in [0.717, 1.165) is 19.4 Å². The highest BCUT2D eigenvalue weighted by Gasteiger charge is 2.41. The highest BCUT2D eigenvalue weighted by molar-refractivity contribution is 5.35. The third-order valence-corrected chi connectivity index (χ3v) is 3.92. The molecule has 0 saturated heterocycles. The summed E-state index contributed by atoms with van der Waals surface area (Å²) in [5.41, 5.74) is 1.97. The van der Waals surface area contributed by atoms with Gasteiger partial charge in [-0.15, -0.1) is 0 Å². The molecule has 1 aromatic rings. The fourth-order valence-corrected chi connectivity index (χ4v) is 3.51. The Bertz CT molecular complexity index is 415. The highest BCUT2D eigenvalue weighted by atomic mass is 16.3. The molecule has 0 spiro atoms. The minimum absolute atomic E-state index is 0.0773. The molecule has 1 atom stereocenters. The van der Waals surface area contributed by atoms with Gasteiger partial charge in [-0.25, -0.2) is 0 Å². The van der Waals surface area contributed by atoms with E-state index in [9.17, 15) is 5.11 Å². The molecule has 1 heterocycles. The molecule has 2 nitrogen and oxygen atoms in total. The second kappa shape index (κ2) is 5.64. The number of rotatable bonds is 5.